The normalized spacial score (nSPS) is 11.5. The Bertz CT molecular complexity index is 3450. The van der Waals surface area contributed by atoms with Gasteiger partial charge in [0, 0.05) is 95.1 Å². The zero-order chi connectivity index (χ0) is 70.7. The van der Waals surface area contributed by atoms with Crippen LogP contribution in [-0.2, 0) is 45.8 Å². The molecule has 0 fully saturated rings. The number of aryl methyl sites for hydroxylation is 3. The van der Waals surface area contributed by atoms with E-state index in [1.54, 1.807) is 14.0 Å². The van der Waals surface area contributed by atoms with E-state index < -0.39 is 30.2 Å². The molecule has 0 aromatic carbocycles. The van der Waals surface area contributed by atoms with Gasteiger partial charge in [0.25, 0.3) is 5.56 Å². The smallest absolute Gasteiger partial charge is 0.376 e. The van der Waals surface area contributed by atoms with Crippen molar-refractivity contribution in [2.45, 2.75) is 177 Å². The molecule has 8 rings (SSSR count). The molecule has 6 aromatic rings. The number of unbranched alkanes of at least 4 members (excludes halogenated alkanes) is 1. The van der Waals surface area contributed by atoms with E-state index in [0.29, 0.717) is 79.9 Å². The number of hydrogen-bond acceptors (Lipinski definition) is 24. The molecule has 0 unspecified atom stereocenters. The number of H-pyrrole nitrogens is 1. The summed E-state index contributed by atoms with van der Waals surface area (Å²) in [5.74, 6) is 1.96. The number of nitrogens with one attached hydrogen (secondary N) is 5. The number of nitrogens with zero attached hydrogens (tertiary/aromatic N) is 16. The van der Waals surface area contributed by atoms with Gasteiger partial charge in [0.2, 0.25) is 35.9 Å². The van der Waals surface area contributed by atoms with Crippen molar-refractivity contribution >= 4 is 194 Å². The third kappa shape index (κ3) is 26.8. The molecular formula is C49H79Br7Cl2N22O15. The van der Waals surface area contributed by atoms with Crippen LogP contribution in [-0.4, -0.2) is 148 Å². The first-order valence-electron chi connectivity index (χ1n) is 28.6. The Kier molecular flexibility index (Phi) is 42.1. The summed E-state index contributed by atoms with van der Waals surface area (Å²) in [6.45, 7) is 22.3. The van der Waals surface area contributed by atoms with Crippen molar-refractivity contribution in [3.05, 3.63) is 98.9 Å². The highest BCUT2D eigenvalue weighted by atomic mass is 79.9. The Morgan fingerprint density at radius 3 is 1.18 bits per heavy atom. The molecule has 0 saturated carbocycles. The van der Waals surface area contributed by atoms with Gasteiger partial charge in [0.1, 0.15) is 5.69 Å². The monoisotopic (exact) mass is 1840 g/mol. The number of nitrogens with two attached hydrogens (primary N) is 1. The van der Waals surface area contributed by atoms with Crippen LogP contribution in [0.1, 0.15) is 107 Å². The summed E-state index contributed by atoms with van der Waals surface area (Å²) in [7, 11) is 0. The summed E-state index contributed by atoms with van der Waals surface area (Å²) in [5.41, 5.74) is 4.94. The first kappa shape index (κ1) is 89.7. The van der Waals surface area contributed by atoms with Crippen molar-refractivity contribution in [1.82, 2.24) is 58.3 Å². The first-order chi connectivity index (χ1) is 43.7. The lowest BCUT2D eigenvalue weighted by atomic mass is 10.3. The molecule has 10 N–H and O–H groups in total. The van der Waals surface area contributed by atoms with Gasteiger partial charge in [-0.05, 0) is 189 Å². The summed E-state index contributed by atoms with van der Waals surface area (Å²) in [6.07, 6.45) is 5.69. The van der Waals surface area contributed by atoms with Crippen LogP contribution in [0.3, 0.4) is 0 Å². The van der Waals surface area contributed by atoms with Gasteiger partial charge in [0.05, 0.1) is 24.6 Å². The third-order valence-corrected chi connectivity index (χ3v) is 16.0. The largest absolute Gasteiger partial charge is 0.396 e. The van der Waals surface area contributed by atoms with Crippen LogP contribution in [0.5, 0.6) is 0 Å². The van der Waals surface area contributed by atoms with E-state index in [4.69, 9.17) is 21.1 Å². The van der Waals surface area contributed by atoms with Crippen molar-refractivity contribution in [2.75, 3.05) is 52.2 Å². The molecule has 0 atom stereocenters. The second kappa shape index (κ2) is 44.6. The Hall–Kier alpha value is -5.32. The summed E-state index contributed by atoms with van der Waals surface area (Å²) < 4.78 is 12.8. The predicted molar refractivity (Wildman–Crippen MR) is 389 cm³/mol. The van der Waals surface area contributed by atoms with E-state index >= 15 is 0 Å². The highest BCUT2D eigenvalue weighted by Gasteiger charge is 2.33. The molecule has 2 aliphatic heterocycles. The van der Waals surface area contributed by atoms with Crippen LogP contribution in [0, 0.1) is 50.6 Å². The van der Waals surface area contributed by atoms with Crippen molar-refractivity contribution in [1.29, 1.82) is 0 Å². The summed E-state index contributed by atoms with van der Waals surface area (Å²) in [6, 6.07) is 0.526. The molecule has 6 aromatic heterocycles. The van der Waals surface area contributed by atoms with Gasteiger partial charge in [-0.2, -0.15) is 20.4 Å². The molecule has 0 bridgehead atoms. The Labute approximate surface area is 615 Å². The number of nitrogen functional groups attached to an aromatic ring is 1. The van der Waals surface area contributed by atoms with E-state index in [-0.39, 0.29) is 119 Å². The Balaban J connectivity index is 0.00000110. The summed E-state index contributed by atoms with van der Waals surface area (Å²) >= 11 is 21.3. The van der Waals surface area contributed by atoms with E-state index in [2.05, 4.69) is 165 Å². The molecular weight excluding hydrogens is 1770 g/mol. The average Bonchev–Trinajstić information content (AvgIpc) is 1.63. The molecule has 0 saturated heterocycles. The zero-order valence-electron chi connectivity index (χ0n) is 53.0. The van der Waals surface area contributed by atoms with Crippen LogP contribution >= 0.6 is 136 Å². The zero-order valence-corrected chi connectivity index (χ0v) is 65.7. The number of fused-ring (bicyclic) bond motifs is 2. The van der Waals surface area contributed by atoms with Crippen molar-refractivity contribution in [2.24, 2.45) is 0 Å². The molecule has 8 heterocycles. The van der Waals surface area contributed by atoms with Crippen LogP contribution in [0.2, 0.25) is 0 Å². The molecule has 0 amide bonds. The number of nitro groups is 5. The molecule has 538 valence electrons. The van der Waals surface area contributed by atoms with Gasteiger partial charge < -0.3 is 42.3 Å². The molecule has 95 heavy (non-hydrogen) atoms. The van der Waals surface area contributed by atoms with Crippen LogP contribution in [0.15, 0.2) is 37.2 Å². The maximum Gasteiger partial charge on any atom is 0.376 e. The minimum atomic E-state index is -0.606. The van der Waals surface area contributed by atoms with Crippen molar-refractivity contribution in [3.63, 3.8) is 0 Å². The fourth-order valence-corrected chi connectivity index (χ4v) is 11.9. The van der Waals surface area contributed by atoms with E-state index in [1.165, 1.54) is 14.0 Å². The standard InChI is InChI=1S/C10H17BrN4O2.C9H15BrN4O3.C9H14N4O3.C9H16N4O.C6H7Br2N3O3.C3HBr2N3O2.C3H7BrO.2ClH/c1-4-5-6-14-10(12-7(2)3)8(15(16)17)9(11)13-14;1-6(2)11-9-7(14(16)17)8(10)12-13(9)4-3-5-15;1-6(2)10-8-7(13(15)16)9(14)12-5-3-4-11(8)12;1-6(2)11-8-7(10)9(14)13-5-3-4-12(8)13;7-5-4(11(13)14)6(8)10(9-5)2-1-3-12;4-2-1(8(9)10)3(5)7-6-2;4-2-1-3-5;;/h7,12H,4-6H2,1-3H3;6,11,15H,3-5H2,1-2H3;6,10H,3-5H2,1-2H3;6,11H,3-5,10H2,1-2H3;12H,1-3H2;(H,6,7);5H,1-3H2;2*1H. The van der Waals surface area contributed by atoms with Gasteiger partial charge in [-0.1, -0.05) is 29.3 Å². The van der Waals surface area contributed by atoms with E-state index in [9.17, 15) is 60.2 Å². The first-order valence-corrected chi connectivity index (χ1v) is 34.5. The Morgan fingerprint density at radius 1 is 0.495 bits per heavy atom. The highest BCUT2D eigenvalue weighted by Crippen LogP contribution is 2.36. The number of hydrogen-bond donors (Lipinski definition) is 9. The number of aliphatic hydroxyl groups is 3. The maximum absolute atomic E-state index is 11.8. The fourth-order valence-electron chi connectivity index (χ4n) is 8.13. The van der Waals surface area contributed by atoms with Crippen LogP contribution in [0.4, 0.5) is 57.4 Å². The quantitative estimate of drug-likeness (QED) is 0.0154. The lowest BCUT2D eigenvalue weighted by molar-refractivity contribution is -0.386. The van der Waals surface area contributed by atoms with Gasteiger partial charge in [0.15, 0.2) is 15.0 Å². The number of aliphatic hydroxyl groups excluding tert-OH is 3. The van der Waals surface area contributed by atoms with Crippen molar-refractivity contribution < 1.29 is 39.9 Å². The van der Waals surface area contributed by atoms with Crippen molar-refractivity contribution in [3.8, 4) is 0 Å². The SMILES string of the molecule is CC(C)Nc1c(N)c(=O)n2n1CCC2.CC(C)Nc1c([N+](=O)[O-])c(=O)n2n1CCC2.CC(C)Nc1c([N+](=O)[O-])c(Br)nn1CCCO.CCCCn1nc(Br)c([N+](=O)[O-])c1NC(C)C.Cl.Cl.O=[N+]([O-])c1c(Br)n[nH]c1Br.O=[N+]([O-])c1c(Br)nn(CCCO)c1Br.OCCCBr. The highest BCUT2D eigenvalue weighted by molar-refractivity contribution is 9.11. The number of aromatic amines is 1. The second-order valence-electron chi connectivity index (χ2n) is 20.8. The minimum absolute atomic E-state index is 0. The second-order valence-corrected chi connectivity index (χ2v) is 26.1. The topological polar surface area (TPSA) is 487 Å². The van der Waals surface area contributed by atoms with Gasteiger partial charge in [-0.15, -0.1) is 24.8 Å². The lowest BCUT2D eigenvalue weighted by Gasteiger charge is -2.12. The molecule has 0 spiro atoms. The molecule has 37 nitrogen and oxygen atoms in total. The average molecular weight is 1850 g/mol. The van der Waals surface area contributed by atoms with Gasteiger partial charge in [-0.3, -0.25) is 79.3 Å². The Morgan fingerprint density at radius 2 is 0.842 bits per heavy atom. The van der Waals surface area contributed by atoms with Gasteiger partial charge in [-0.25, -0.2) is 18.7 Å². The molecule has 0 radical (unpaired) electrons. The van der Waals surface area contributed by atoms with E-state index in [0.717, 1.165) is 56.3 Å². The predicted octanol–water partition coefficient (Wildman–Crippen LogP) is 11.3. The summed E-state index contributed by atoms with van der Waals surface area (Å²) in [4.78, 5) is 74.4. The van der Waals surface area contributed by atoms with Gasteiger partial charge >= 0.3 is 34.0 Å². The molecule has 0 aliphatic carbocycles. The third-order valence-electron chi connectivity index (χ3n) is 11.9. The van der Waals surface area contributed by atoms with Crippen LogP contribution < -0.4 is 38.1 Å². The fraction of sp³-hybridized carbons (Fsp3) is 0.633. The number of aromatic nitrogens is 12. The summed E-state index contributed by atoms with van der Waals surface area (Å²) in [5, 5.41) is 110. The molecule has 2 aliphatic rings. The number of halogens is 9. The number of anilines is 5. The minimum Gasteiger partial charge on any atom is -0.396 e. The molecule has 46 heteroatoms. The number of rotatable bonds is 24. The maximum atomic E-state index is 11.8. The van der Waals surface area contributed by atoms with Crippen LogP contribution in [0.25, 0.3) is 0 Å². The van der Waals surface area contributed by atoms with E-state index in [1.807, 2.05) is 60.1 Å². The number of alkyl halides is 1. The lowest BCUT2D eigenvalue weighted by Crippen LogP contribution is -2.18.